The van der Waals surface area contributed by atoms with Crippen molar-refractivity contribution in [2.45, 2.75) is 31.4 Å². The number of alkyl halides is 2. The van der Waals surface area contributed by atoms with Gasteiger partial charge in [-0.3, -0.25) is 9.69 Å². The van der Waals surface area contributed by atoms with Crippen LogP contribution in [0.3, 0.4) is 0 Å². The third-order valence-corrected chi connectivity index (χ3v) is 6.70. The quantitative estimate of drug-likeness (QED) is 0.291. The van der Waals surface area contributed by atoms with Crippen LogP contribution in [-0.4, -0.2) is 64.6 Å². The van der Waals surface area contributed by atoms with Crippen LogP contribution in [0.25, 0.3) is 0 Å². The maximum absolute atomic E-state index is 14.4. The number of thiazole rings is 1. The number of carboxylic acid groups (broad SMARTS) is 1. The van der Waals surface area contributed by atoms with Gasteiger partial charge in [0.2, 0.25) is 0 Å². The van der Waals surface area contributed by atoms with E-state index in [-0.39, 0.29) is 29.5 Å². The zero-order valence-corrected chi connectivity index (χ0v) is 20.6. The van der Waals surface area contributed by atoms with Gasteiger partial charge in [-0.15, -0.1) is 11.3 Å². The van der Waals surface area contributed by atoms with Crippen LogP contribution in [0.15, 0.2) is 40.2 Å². The Balaban J connectivity index is 1.85. The highest BCUT2D eigenvalue weighted by Gasteiger charge is 2.49. The Bertz CT molecular complexity index is 1270. The summed E-state index contributed by atoms with van der Waals surface area (Å²) in [6, 6.07) is -0.967. The van der Waals surface area contributed by atoms with Crippen molar-refractivity contribution >= 4 is 40.9 Å². The molecular weight excluding hydrogens is 544 g/mol. The van der Waals surface area contributed by atoms with E-state index in [0.717, 1.165) is 28.4 Å². The van der Waals surface area contributed by atoms with Crippen molar-refractivity contribution in [2.75, 3.05) is 19.7 Å². The Morgan fingerprint density at radius 1 is 1.35 bits per heavy atom. The minimum atomic E-state index is -3.28. The number of nitrogens with zero attached hydrogens (tertiary/aromatic N) is 3. The third-order valence-electron chi connectivity index (χ3n) is 5.54. The van der Waals surface area contributed by atoms with E-state index in [0.29, 0.717) is 5.01 Å². The van der Waals surface area contributed by atoms with Gasteiger partial charge in [0.15, 0.2) is 28.2 Å². The van der Waals surface area contributed by atoms with E-state index in [9.17, 15) is 32.3 Å². The highest BCUT2D eigenvalue weighted by Crippen LogP contribution is 2.39. The number of hydrogen-bond donors (Lipinski definition) is 2. The van der Waals surface area contributed by atoms with Crippen LogP contribution in [-0.2, 0) is 14.3 Å². The Morgan fingerprint density at radius 3 is 2.76 bits per heavy atom. The first-order valence-corrected chi connectivity index (χ1v) is 12.1. The van der Waals surface area contributed by atoms with E-state index in [4.69, 9.17) is 21.1 Å². The number of rotatable bonds is 7. The Hall–Kier alpha value is -3.23. The van der Waals surface area contributed by atoms with Gasteiger partial charge >= 0.3 is 12.1 Å². The fraction of sp³-hybridized carbons (Fsp3) is 0.364. The number of carbonyl (C=O) groups excluding carboxylic acids is 1. The molecule has 0 spiro atoms. The highest BCUT2D eigenvalue weighted by molar-refractivity contribution is 7.11. The van der Waals surface area contributed by atoms with E-state index in [1.807, 2.05) is 0 Å². The summed E-state index contributed by atoms with van der Waals surface area (Å²) >= 11 is 7.24. The highest BCUT2D eigenvalue weighted by atomic mass is 35.5. The van der Waals surface area contributed by atoms with Crippen LogP contribution in [0.1, 0.15) is 30.0 Å². The van der Waals surface area contributed by atoms with Crippen LogP contribution in [0.2, 0.25) is 5.02 Å². The zero-order chi connectivity index (χ0) is 26.9. The van der Waals surface area contributed by atoms with Gasteiger partial charge in [0, 0.05) is 30.1 Å². The summed E-state index contributed by atoms with van der Waals surface area (Å²) < 4.78 is 66.7. The lowest BCUT2D eigenvalue weighted by Gasteiger charge is -2.30. The topological polar surface area (TPSA) is 113 Å². The molecule has 2 aromatic rings. The zero-order valence-electron chi connectivity index (χ0n) is 19.0. The summed E-state index contributed by atoms with van der Waals surface area (Å²) in [7, 11) is 0. The maximum Gasteiger partial charge on any atom is 0.513 e. The van der Waals surface area contributed by atoms with Crippen LogP contribution in [0.4, 0.5) is 22.4 Å². The van der Waals surface area contributed by atoms with Crippen LogP contribution < -0.4 is 5.32 Å². The Kier molecular flexibility index (Phi) is 7.71. The smallest absolute Gasteiger partial charge is 0.480 e. The molecule has 0 aliphatic carbocycles. The van der Waals surface area contributed by atoms with Gasteiger partial charge < -0.3 is 19.9 Å². The van der Waals surface area contributed by atoms with Crippen LogP contribution >= 0.6 is 22.9 Å². The molecule has 1 aromatic heterocycles. The molecule has 1 saturated heterocycles. The van der Waals surface area contributed by atoms with E-state index in [1.54, 1.807) is 5.38 Å². The number of aliphatic imine (C=N–C) groups is 1. The standard InChI is InChI=1S/C22H19ClF4N4O5S/c1-2-35-21(34)36-17-12(8-31-9-22(26,27)7-13(31)20(32)33)29-18(19-28-5-6-37-19)30-16(17)10-3-4-11(24)15(25)14(10)23/h3-6,13,16H,2,7-9H2,1H3,(H,29,30)(H,32,33)/t13-,16+/m0/s1. The minimum absolute atomic E-state index is 0.0389. The molecule has 2 aliphatic heterocycles. The molecule has 4 rings (SSSR count). The average Bonchev–Trinajstić information content (AvgIpc) is 3.47. The number of carbonyl (C=O) groups is 2. The third kappa shape index (κ3) is 5.70. The van der Waals surface area contributed by atoms with Crippen molar-refractivity contribution < 1.29 is 41.7 Å². The lowest BCUT2D eigenvalue weighted by atomic mass is 10.0. The molecule has 15 heteroatoms. The largest absolute Gasteiger partial charge is 0.513 e. The van der Waals surface area contributed by atoms with Gasteiger partial charge in [-0.25, -0.2) is 32.3 Å². The number of aromatic nitrogens is 1. The molecule has 0 radical (unpaired) electrons. The molecule has 0 amide bonds. The molecule has 198 valence electrons. The summed E-state index contributed by atoms with van der Waals surface area (Å²) in [5.41, 5.74) is -0.141. The molecule has 2 aliphatic rings. The van der Waals surface area contributed by atoms with Gasteiger partial charge in [0.25, 0.3) is 5.92 Å². The molecule has 1 fully saturated rings. The molecule has 9 nitrogen and oxygen atoms in total. The molecule has 2 atom stereocenters. The first-order valence-electron chi connectivity index (χ1n) is 10.8. The summed E-state index contributed by atoms with van der Waals surface area (Å²) in [6.07, 6.45) is -0.635. The van der Waals surface area contributed by atoms with Gasteiger partial charge in [0.05, 0.1) is 23.9 Å². The lowest BCUT2D eigenvalue weighted by Crippen LogP contribution is -2.43. The number of amidine groups is 1. The fourth-order valence-electron chi connectivity index (χ4n) is 3.97. The predicted molar refractivity (Wildman–Crippen MR) is 124 cm³/mol. The van der Waals surface area contributed by atoms with Gasteiger partial charge in [-0.2, -0.15) is 0 Å². The van der Waals surface area contributed by atoms with Gasteiger partial charge in [-0.05, 0) is 13.0 Å². The minimum Gasteiger partial charge on any atom is -0.480 e. The van der Waals surface area contributed by atoms with Crippen molar-refractivity contribution in [3.63, 3.8) is 0 Å². The number of carboxylic acids is 1. The second-order valence-corrected chi connectivity index (χ2v) is 9.33. The van der Waals surface area contributed by atoms with Crippen molar-refractivity contribution in [3.8, 4) is 0 Å². The van der Waals surface area contributed by atoms with E-state index < -0.39 is 66.3 Å². The van der Waals surface area contributed by atoms with E-state index >= 15 is 0 Å². The number of halogens is 5. The van der Waals surface area contributed by atoms with Crippen LogP contribution in [0.5, 0.6) is 0 Å². The van der Waals surface area contributed by atoms with Crippen molar-refractivity contribution in [3.05, 3.63) is 62.4 Å². The Labute approximate surface area is 216 Å². The summed E-state index contributed by atoms with van der Waals surface area (Å²) in [5, 5.41) is 13.7. The second kappa shape index (κ2) is 10.6. The first kappa shape index (κ1) is 26.8. The molecule has 1 aromatic carbocycles. The van der Waals surface area contributed by atoms with Crippen molar-refractivity contribution in [2.24, 2.45) is 4.99 Å². The second-order valence-electron chi connectivity index (χ2n) is 8.05. The predicted octanol–water partition coefficient (Wildman–Crippen LogP) is 4.34. The Morgan fingerprint density at radius 2 is 2.11 bits per heavy atom. The molecular formula is C22H19ClF4N4O5S. The normalized spacial score (nSPS) is 21.4. The number of nitrogens with one attached hydrogen (secondary N) is 1. The molecule has 0 saturated carbocycles. The van der Waals surface area contributed by atoms with E-state index in [2.05, 4.69) is 15.3 Å². The first-order chi connectivity index (χ1) is 17.5. The van der Waals surface area contributed by atoms with Gasteiger partial charge in [-0.1, -0.05) is 17.7 Å². The van der Waals surface area contributed by atoms with E-state index in [1.165, 1.54) is 13.1 Å². The van der Waals surface area contributed by atoms with Gasteiger partial charge in [0.1, 0.15) is 12.1 Å². The fourth-order valence-corrected chi connectivity index (χ4v) is 4.81. The van der Waals surface area contributed by atoms with Crippen molar-refractivity contribution in [1.29, 1.82) is 0 Å². The number of likely N-dealkylation sites (tertiary alicyclic amines) is 1. The molecule has 0 unspecified atom stereocenters. The summed E-state index contributed by atoms with van der Waals surface area (Å²) in [4.78, 5) is 33.6. The average molecular weight is 563 g/mol. The molecule has 0 bridgehead atoms. The summed E-state index contributed by atoms with van der Waals surface area (Å²) in [5.74, 6) is -7.57. The monoisotopic (exact) mass is 562 g/mol. The maximum atomic E-state index is 14.4. The van der Waals surface area contributed by atoms with Crippen LogP contribution in [0, 0.1) is 11.6 Å². The number of ether oxygens (including phenoxy) is 2. The lowest BCUT2D eigenvalue weighted by molar-refractivity contribution is -0.142. The summed E-state index contributed by atoms with van der Waals surface area (Å²) in [6.45, 7) is 0.103. The number of hydrogen-bond acceptors (Lipinski definition) is 9. The molecule has 2 N–H and O–H groups in total. The SMILES string of the molecule is CCOC(=O)OC1=C(CN2CC(F)(F)C[C@H]2C(=O)O)NC(c2nccs2)=N[C@@H]1c1ccc(F)c(F)c1Cl. The molecule has 37 heavy (non-hydrogen) atoms. The number of aliphatic carboxylic acids is 1. The number of benzene rings is 1. The molecule has 3 heterocycles. The van der Waals surface area contributed by atoms with Crippen molar-refractivity contribution in [1.82, 2.24) is 15.2 Å².